The summed E-state index contributed by atoms with van der Waals surface area (Å²) in [5, 5.41) is -5.51. The van der Waals surface area contributed by atoms with Crippen LogP contribution in [0.5, 0.6) is 0 Å². The Hall–Kier alpha value is -0.670. The van der Waals surface area contributed by atoms with Crippen LogP contribution >= 0.6 is 11.6 Å². The molecule has 17 heavy (non-hydrogen) atoms. The molecule has 0 aromatic carbocycles. The highest BCUT2D eigenvalue weighted by molar-refractivity contribution is 6.22. The summed E-state index contributed by atoms with van der Waals surface area (Å²) in [5.41, 5.74) is 0. The Morgan fingerprint density at radius 3 is 1.41 bits per heavy atom. The van der Waals surface area contributed by atoms with Gasteiger partial charge >= 0.3 is 23.4 Å². The van der Waals surface area contributed by atoms with E-state index in [1.54, 1.807) is 0 Å². The van der Waals surface area contributed by atoms with E-state index in [1.807, 2.05) is 0 Å². The van der Waals surface area contributed by atoms with Gasteiger partial charge in [-0.3, -0.25) is 0 Å². The lowest BCUT2D eigenvalue weighted by atomic mass is 10.2. The largest absolute Gasteiger partial charge is 0.460 e. The van der Waals surface area contributed by atoms with Crippen molar-refractivity contribution in [3.8, 4) is 0 Å². The van der Waals surface area contributed by atoms with Crippen molar-refractivity contribution in [3.05, 3.63) is 11.9 Å². The lowest BCUT2D eigenvalue weighted by molar-refractivity contribution is -0.271. The van der Waals surface area contributed by atoms with Crippen molar-refractivity contribution < 1.29 is 43.9 Å². The Kier molecular flexibility index (Phi) is 4.05. The van der Waals surface area contributed by atoms with Crippen molar-refractivity contribution in [3.63, 3.8) is 0 Å². The van der Waals surface area contributed by atoms with Gasteiger partial charge < -0.3 is 0 Å². The van der Waals surface area contributed by atoms with Crippen molar-refractivity contribution in [2.24, 2.45) is 0 Å². The maximum Gasteiger partial charge on any atom is 0.460 e. The number of halogens is 11. The van der Waals surface area contributed by atoms with Crippen molar-refractivity contribution in [2.75, 3.05) is 0 Å². The van der Waals surface area contributed by atoms with E-state index in [4.69, 9.17) is 0 Å². The molecule has 0 spiro atoms. The van der Waals surface area contributed by atoms with Gasteiger partial charge in [0.15, 0.2) is 5.83 Å². The summed E-state index contributed by atoms with van der Waals surface area (Å²) in [6, 6.07) is 0. The molecule has 0 rings (SSSR count). The number of hydrogen-bond acceptors (Lipinski definition) is 0. The van der Waals surface area contributed by atoms with Crippen LogP contribution in [0.1, 0.15) is 0 Å². The number of rotatable bonds is 3. The minimum atomic E-state index is -6.54. The fourth-order valence-corrected chi connectivity index (χ4v) is 0.522. The zero-order valence-corrected chi connectivity index (χ0v) is 7.99. The molecule has 0 aliphatic heterocycles. The third-order valence-corrected chi connectivity index (χ3v) is 1.59. The first kappa shape index (κ1) is 16.3. The molecule has 0 atom stereocenters. The third kappa shape index (κ3) is 3.39. The van der Waals surface area contributed by atoms with Crippen LogP contribution in [0.3, 0.4) is 0 Å². The Bertz CT molecular complexity index is 308. The molecule has 0 bridgehead atoms. The van der Waals surface area contributed by atoms with Gasteiger partial charge in [0.05, 0.1) is 0 Å². The van der Waals surface area contributed by atoms with Crippen LogP contribution in [-0.2, 0) is 0 Å². The molecule has 0 aromatic rings. The van der Waals surface area contributed by atoms with Gasteiger partial charge in [0.1, 0.15) is 0 Å². The van der Waals surface area contributed by atoms with Gasteiger partial charge in [-0.05, 0) is 11.6 Å². The van der Waals surface area contributed by atoms with Crippen molar-refractivity contribution >= 4 is 11.6 Å². The fraction of sp³-hybridized carbons (Fsp3) is 0.667. The minimum absolute atomic E-state index is 1.87. The van der Waals surface area contributed by atoms with E-state index < -0.39 is 35.3 Å². The fourth-order valence-electron chi connectivity index (χ4n) is 0.467. The van der Waals surface area contributed by atoms with Crippen LogP contribution < -0.4 is 0 Å². The molecule has 0 aliphatic rings. The smallest absolute Gasteiger partial charge is 0.205 e. The molecule has 0 saturated carbocycles. The Morgan fingerprint density at radius 1 is 0.824 bits per heavy atom. The van der Waals surface area contributed by atoms with Crippen LogP contribution in [0.15, 0.2) is 11.9 Å². The van der Waals surface area contributed by atoms with E-state index in [0.717, 1.165) is 0 Å². The molecule has 0 N–H and O–H groups in total. The van der Waals surface area contributed by atoms with Crippen molar-refractivity contribution in [2.45, 2.75) is 23.4 Å². The molecule has 0 nitrogen and oxygen atoms in total. The normalized spacial score (nSPS) is 16.3. The molecule has 0 heterocycles. The highest BCUT2D eigenvalue weighted by atomic mass is 35.5. The van der Waals surface area contributed by atoms with Crippen LogP contribution in [0.25, 0.3) is 0 Å². The first-order chi connectivity index (χ1) is 7.13. The van der Waals surface area contributed by atoms with Crippen LogP contribution in [0.2, 0.25) is 0 Å². The van der Waals surface area contributed by atoms with Crippen LogP contribution in [0, 0.1) is 0 Å². The summed E-state index contributed by atoms with van der Waals surface area (Å²) in [6.07, 6.45) is -8.40. The predicted octanol–water partition coefficient (Wildman–Crippen LogP) is 4.50. The summed E-state index contributed by atoms with van der Waals surface area (Å²) in [4.78, 5) is 0. The van der Waals surface area contributed by atoms with Gasteiger partial charge in [-0.25, -0.2) is 4.39 Å². The molecule has 0 saturated heterocycles. The molecule has 0 unspecified atom stereocenters. The summed E-state index contributed by atoms with van der Waals surface area (Å²) < 4.78 is 119. The van der Waals surface area contributed by atoms with Gasteiger partial charge in [0.25, 0.3) is 0 Å². The number of allylic oxidation sites excluding steroid dienone is 2. The highest BCUT2D eigenvalue weighted by Gasteiger charge is 2.63. The van der Waals surface area contributed by atoms with E-state index in [9.17, 15) is 43.9 Å². The van der Waals surface area contributed by atoms with Gasteiger partial charge in [0, 0.05) is 6.08 Å². The van der Waals surface area contributed by atoms with E-state index in [2.05, 4.69) is 11.6 Å². The standard InChI is InChI=1S/C6HClF10/c7-5(13,14)3(9,10)1-2(8)4(11,12)6(15,16)17/h1H. The first-order valence-corrected chi connectivity index (χ1v) is 3.78. The summed E-state index contributed by atoms with van der Waals surface area (Å²) in [6.45, 7) is 0. The SMILES string of the molecule is FC(=CC(F)(F)C(F)(F)Cl)C(F)(F)C(F)(F)F. The lowest BCUT2D eigenvalue weighted by Crippen LogP contribution is -2.40. The van der Waals surface area contributed by atoms with Gasteiger partial charge in [-0.1, -0.05) is 0 Å². The van der Waals surface area contributed by atoms with E-state index in [1.165, 1.54) is 0 Å². The van der Waals surface area contributed by atoms with E-state index in [0.29, 0.717) is 0 Å². The summed E-state index contributed by atoms with van der Waals surface area (Å²) >= 11 is 3.71. The zero-order chi connectivity index (χ0) is 14.3. The van der Waals surface area contributed by atoms with Crippen molar-refractivity contribution in [1.82, 2.24) is 0 Å². The van der Waals surface area contributed by atoms with E-state index in [-0.39, 0.29) is 0 Å². The summed E-state index contributed by atoms with van der Waals surface area (Å²) in [5.74, 6) is -15.8. The molecular formula is C6HClF10. The quantitative estimate of drug-likeness (QED) is 0.531. The Balaban J connectivity index is 5.40. The second kappa shape index (κ2) is 4.21. The van der Waals surface area contributed by atoms with Gasteiger partial charge in [-0.15, -0.1) is 0 Å². The molecule has 0 fully saturated rings. The van der Waals surface area contributed by atoms with Crippen LogP contribution in [0.4, 0.5) is 43.9 Å². The molecular weight excluding hydrogens is 297 g/mol. The number of hydrogen-bond donors (Lipinski definition) is 0. The highest BCUT2D eigenvalue weighted by Crippen LogP contribution is 2.45. The lowest BCUT2D eigenvalue weighted by Gasteiger charge is -2.21. The first-order valence-electron chi connectivity index (χ1n) is 3.41. The molecule has 11 heteroatoms. The molecule has 0 aliphatic carbocycles. The monoisotopic (exact) mass is 298 g/mol. The molecule has 0 amide bonds. The number of alkyl halides is 10. The Labute approximate surface area is 91.8 Å². The average molecular weight is 299 g/mol. The third-order valence-electron chi connectivity index (χ3n) is 1.34. The Morgan fingerprint density at radius 2 is 1.18 bits per heavy atom. The van der Waals surface area contributed by atoms with Crippen molar-refractivity contribution in [1.29, 1.82) is 0 Å². The molecule has 0 aromatic heterocycles. The topological polar surface area (TPSA) is 0 Å². The second-order valence-electron chi connectivity index (χ2n) is 2.69. The average Bonchev–Trinajstić information content (AvgIpc) is 1.98. The maximum atomic E-state index is 12.2. The maximum absolute atomic E-state index is 12.2. The second-order valence-corrected chi connectivity index (χ2v) is 3.16. The van der Waals surface area contributed by atoms with Crippen LogP contribution in [-0.4, -0.2) is 23.4 Å². The predicted molar refractivity (Wildman–Crippen MR) is 35.9 cm³/mol. The van der Waals surface area contributed by atoms with Gasteiger partial charge in [-0.2, -0.15) is 39.5 Å². The minimum Gasteiger partial charge on any atom is -0.205 e. The zero-order valence-electron chi connectivity index (χ0n) is 7.23. The van der Waals surface area contributed by atoms with Gasteiger partial charge in [0.2, 0.25) is 0 Å². The van der Waals surface area contributed by atoms with E-state index >= 15 is 0 Å². The summed E-state index contributed by atoms with van der Waals surface area (Å²) in [7, 11) is 0. The molecule has 102 valence electrons. The molecule has 0 radical (unpaired) electrons.